The van der Waals surface area contributed by atoms with E-state index in [1.807, 2.05) is 0 Å². The highest BCUT2D eigenvalue weighted by Gasteiger charge is 2.58. The van der Waals surface area contributed by atoms with Crippen LogP contribution in [0.3, 0.4) is 0 Å². The van der Waals surface area contributed by atoms with Crippen molar-refractivity contribution in [2.75, 3.05) is 17.2 Å². The molecule has 18 heteroatoms. The van der Waals surface area contributed by atoms with E-state index in [1.165, 1.54) is 9.21 Å². The van der Waals surface area contributed by atoms with Crippen molar-refractivity contribution < 1.29 is 27.8 Å². The van der Waals surface area contributed by atoms with Crippen molar-refractivity contribution in [1.82, 2.24) is 9.21 Å². The molecule has 276 valence electrons. The zero-order chi connectivity index (χ0) is 37.7. The molecule has 0 radical (unpaired) electrons. The summed E-state index contributed by atoms with van der Waals surface area (Å²) in [4.78, 5) is 13.3. The van der Waals surface area contributed by atoms with Gasteiger partial charge in [-0.05, 0) is 146 Å². The van der Waals surface area contributed by atoms with Crippen LogP contribution < -0.4 is 45.0 Å². The molecule has 0 spiro atoms. The van der Waals surface area contributed by atoms with Crippen LogP contribution in [0.5, 0.6) is 34.5 Å². The van der Waals surface area contributed by atoms with E-state index in [-0.39, 0.29) is 0 Å². The predicted octanol–water partition coefficient (Wildman–Crippen LogP) is 12.0. The molecule has 6 aromatic rings. The number of hydrogen-bond donors (Lipinski definition) is 3. The van der Waals surface area contributed by atoms with Crippen LogP contribution in [-0.2, 0) is 0 Å². The van der Waals surface area contributed by atoms with Crippen molar-refractivity contribution in [3.63, 3.8) is 0 Å². The van der Waals surface area contributed by atoms with Crippen LogP contribution in [0.1, 0.15) is 0 Å². The first-order valence-corrected chi connectivity index (χ1v) is 20.9. The summed E-state index contributed by atoms with van der Waals surface area (Å²) in [5, 5.41) is 1.50. The maximum absolute atomic E-state index is 6.87. The highest BCUT2D eigenvalue weighted by atomic mass is 35.5. The van der Waals surface area contributed by atoms with Crippen LogP contribution in [0.15, 0.2) is 150 Å². The molecule has 1 aliphatic rings. The molecule has 0 aliphatic carbocycles. The molecule has 1 heterocycles. The van der Waals surface area contributed by atoms with Crippen LogP contribution in [0.4, 0.5) is 17.1 Å². The molecular formula is C36H30Cl3N6O6P3. The van der Waals surface area contributed by atoms with Gasteiger partial charge in [0.1, 0.15) is 34.5 Å². The van der Waals surface area contributed by atoms with Crippen molar-refractivity contribution in [2.45, 2.75) is 0 Å². The Morgan fingerprint density at radius 2 is 0.796 bits per heavy atom. The molecule has 12 nitrogen and oxygen atoms in total. The highest BCUT2D eigenvalue weighted by Crippen LogP contribution is 2.77. The summed E-state index contributed by atoms with van der Waals surface area (Å²) >= 11 is 18.8. The quantitative estimate of drug-likeness (QED) is 0.0797. The standard InChI is InChI=1S/C36H30Cl3N6O6P3/c37-25-1-13-33(14-2-25)48-52-43-54(50-35-15-3-26(38)4-16-35,51-36-17-5-27(39)6-18-36)45(47-32-21-9-29(41)10-22-32)53(49-34-23-11-30(42)12-24-34)44(52)46-31-19-7-28(40)8-20-31/h1-24H,40-42H2. The third-order valence-electron chi connectivity index (χ3n) is 7.12. The van der Waals surface area contributed by atoms with E-state index in [2.05, 4.69) is 0 Å². The monoisotopic (exact) mass is 840 g/mol. The molecule has 6 aromatic carbocycles. The van der Waals surface area contributed by atoms with E-state index < -0.39 is 24.6 Å². The van der Waals surface area contributed by atoms with Gasteiger partial charge in [-0.25, -0.2) is 0 Å². The van der Waals surface area contributed by atoms with Gasteiger partial charge in [0.25, 0.3) is 0 Å². The minimum absolute atomic E-state index is 0.355. The third-order valence-corrected chi connectivity index (χ3v) is 14.7. The second-order valence-corrected chi connectivity index (χ2v) is 18.0. The predicted molar refractivity (Wildman–Crippen MR) is 218 cm³/mol. The molecule has 0 amide bonds. The van der Waals surface area contributed by atoms with E-state index in [4.69, 9.17) is 84.3 Å². The average Bonchev–Trinajstić information content (AvgIpc) is 3.16. The summed E-state index contributed by atoms with van der Waals surface area (Å²) in [5.41, 5.74) is 19.7. The first kappa shape index (κ1) is 37.7. The van der Waals surface area contributed by atoms with Crippen LogP contribution in [0.2, 0.25) is 15.1 Å². The molecule has 6 N–H and O–H groups in total. The Morgan fingerprint density at radius 3 is 1.24 bits per heavy atom. The number of nitrogen functional groups attached to an aromatic ring is 3. The number of benzene rings is 6. The Labute approximate surface area is 328 Å². The Morgan fingerprint density at radius 1 is 0.444 bits per heavy atom. The molecular weight excluding hydrogens is 812 g/mol. The Hall–Kier alpha value is -4.60. The Balaban J connectivity index is 1.48. The lowest BCUT2D eigenvalue weighted by Gasteiger charge is -2.43. The third kappa shape index (κ3) is 9.36. The average molecular weight is 842 g/mol. The van der Waals surface area contributed by atoms with Crippen molar-refractivity contribution in [3.05, 3.63) is 161 Å². The van der Waals surface area contributed by atoms with Gasteiger partial charge in [-0.15, -0.1) is 4.52 Å². The van der Waals surface area contributed by atoms with E-state index in [9.17, 15) is 0 Å². The summed E-state index contributed by atoms with van der Waals surface area (Å²) in [7, 11) is -8.55. The SMILES string of the molecule is Nc1ccc(ON2P(Oc3ccc(Cl)cc3)N=P(Oc3ccc(Cl)cc3)(Oc3ccc(Cl)cc3)N(Oc3ccc(N)cc3)P2Oc2ccc(N)cc2)cc1. The van der Waals surface area contributed by atoms with Gasteiger partial charge in [0, 0.05) is 41.3 Å². The van der Waals surface area contributed by atoms with Crippen LogP contribution >= 0.6 is 59.4 Å². The first-order chi connectivity index (χ1) is 26.1. The number of rotatable bonds is 12. The normalized spacial score (nSPS) is 16.8. The van der Waals surface area contributed by atoms with Crippen molar-refractivity contribution in [3.8, 4) is 34.5 Å². The van der Waals surface area contributed by atoms with Gasteiger partial charge in [-0.2, -0.15) is 0 Å². The molecule has 2 unspecified atom stereocenters. The minimum atomic E-state index is -3.97. The molecule has 2 atom stereocenters. The summed E-state index contributed by atoms with van der Waals surface area (Å²) in [5.74, 6) is 2.30. The fraction of sp³-hybridized carbons (Fsp3) is 0. The molecule has 0 saturated heterocycles. The number of hydrogen-bond acceptors (Lipinski definition) is 12. The highest BCUT2D eigenvalue weighted by molar-refractivity contribution is 7.78. The molecule has 7 rings (SSSR count). The molecule has 54 heavy (non-hydrogen) atoms. The second kappa shape index (κ2) is 16.8. The van der Waals surface area contributed by atoms with Gasteiger partial charge in [0.2, 0.25) is 0 Å². The minimum Gasteiger partial charge on any atom is -0.440 e. The van der Waals surface area contributed by atoms with E-state index >= 15 is 0 Å². The molecule has 0 saturated carbocycles. The zero-order valence-corrected chi connectivity index (χ0v) is 32.8. The summed E-state index contributed by atoms with van der Waals surface area (Å²) in [6, 6.07) is 40.7. The van der Waals surface area contributed by atoms with Gasteiger partial charge >= 0.3 is 24.6 Å². The maximum atomic E-state index is 6.87. The Kier molecular flexibility index (Phi) is 11.7. The lowest BCUT2D eigenvalue weighted by atomic mass is 10.3. The molecule has 0 fully saturated rings. The summed E-state index contributed by atoms with van der Waals surface area (Å²) < 4.78 is 35.4. The lowest BCUT2D eigenvalue weighted by Crippen LogP contribution is -2.37. The fourth-order valence-electron chi connectivity index (χ4n) is 4.52. The van der Waals surface area contributed by atoms with Gasteiger partial charge in [0.15, 0.2) is 0 Å². The van der Waals surface area contributed by atoms with Crippen molar-refractivity contribution in [1.29, 1.82) is 0 Å². The largest absolute Gasteiger partial charge is 0.447 e. The van der Waals surface area contributed by atoms with Crippen LogP contribution in [0.25, 0.3) is 0 Å². The van der Waals surface area contributed by atoms with Gasteiger partial charge < -0.3 is 45.0 Å². The number of anilines is 3. The molecule has 0 aromatic heterocycles. The van der Waals surface area contributed by atoms with Crippen LogP contribution in [0, 0.1) is 0 Å². The first-order valence-electron chi connectivity index (χ1n) is 15.9. The van der Waals surface area contributed by atoms with Gasteiger partial charge in [-0.3, -0.25) is 0 Å². The zero-order valence-electron chi connectivity index (χ0n) is 27.9. The Bertz CT molecular complexity index is 2180. The van der Waals surface area contributed by atoms with Gasteiger partial charge in [0.05, 0.1) is 0 Å². The summed E-state index contributed by atoms with van der Waals surface area (Å²) in [6.07, 6.45) is 0. The van der Waals surface area contributed by atoms with E-state index in [0.29, 0.717) is 66.6 Å². The van der Waals surface area contributed by atoms with E-state index in [0.717, 1.165) is 0 Å². The van der Waals surface area contributed by atoms with E-state index in [1.54, 1.807) is 146 Å². The number of nitrogens with two attached hydrogens (primary N) is 3. The van der Waals surface area contributed by atoms with Gasteiger partial charge in [-0.1, -0.05) is 34.8 Å². The maximum Gasteiger partial charge on any atom is 0.447 e. The van der Waals surface area contributed by atoms with Crippen molar-refractivity contribution >= 4 is 76.4 Å². The number of nitrogens with zero attached hydrogens (tertiary/aromatic N) is 3. The second-order valence-electron chi connectivity index (χ2n) is 11.2. The number of halogens is 3. The van der Waals surface area contributed by atoms with Crippen molar-refractivity contribution in [2.24, 2.45) is 4.52 Å². The summed E-state index contributed by atoms with van der Waals surface area (Å²) in [6.45, 7) is 0. The topological polar surface area (TPSA) is 152 Å². The smallest absolute Gasteiger partial charge is 0.440 e. The fourth-order valence-corrected chi connectivity index (χ4v) is 12.4. The lowest BCUT2D eigenvalue weighted by molar-refractivity contribution is 0.0546. The van der Waals surface area contributed by atoms with Crippen LogP contribution in [-0.4, -0.2) is 9.21 Å². The molecule has 0 bridgehead atoms. The molecule has 1 aliphatic heterocycles.